The largest absolute Gasteiger partial charge is 0.459 e. The van der Waals surface area contributed by atoms with E-state index in [4.69, 9.17) is 4.74 Å². The standard InChI is InChI=1S/C33H49FN2O2/c1-3-5-7-9-11-13-15-26-17-20-29(21-18-26)38-33(37)30-22-19-28(23-31(30)34)32-35-24-27(25-36-32)16-14-12-10-8-6-4-2/h19,22-26,29H,3-18,20-21H2,1-2H3/t26-,29-. The van der Waals surface area contributed by atoms with Crippen LogP contribution in [0.1, 0.15) is 139 Å². The number of halogens is 1. The van der Waals surface area contributed by atoms with Gasteiger partial charge in [0.1, 0.15) is 11.9 Å². The Hall–Kier alpha value is -2.30. The van der Waals surface area contributed by atoms with Crippen molar-refractivity contribution in [3.05, 3.63) is 47.5 Å². The first-order valence-electron chi connectivity index (χ1n) is 15.4. The summed E-state index contributed by atoms with van der Waals surface area (Å²) in [4.78, 5) is 21.6. The molecule has 1 aromatic heterocycles. The van der Waals surface area contributed by atoms with E-state index < -0.39 is 11.8 Å². The minimum Gasteiger partial charge on any atom is -0.459 e. The van der Waals surface area contributed by atoms with Crippen LogP contribution in [-0.2, 0) is 11.2 Å². The zero-order valence-corrected chi connectivity index (χ0v) is 23.9. The minimum absolute atomic E-state index is 0.0114. The molecular weight excluding hydrogens is 475 g/mol. The molecule has 1 heterocycles. The van der Waals surface area contributed by atoms with Crippen molar-refractivity contribution in [3.8, 4) is 11.4 Å². The number of hydrogen-bond donors (Lipinski definition) is 0. The molecule has 0 radical (unpaired) electrons. The number of hydrogen-bond acceptors (Lipinski definition) is 4. The molecule has 0 atom stereocenters. The summed E-state index contributed by atoms with van der Waals surface area (Å²) in [7, 11) is 0. The summed E-state index contributed by atoms with van der Waals surface area (Å²) >= 11 is 0. The van der Waals surface area contributed by atoms with Gasteiger partial charge in [-0.15, -0.1) is 0 Å². The number of aryl methyl sites for hydroxylation is 1. The van der Waals surface area contributed by atoms with Crippen LogP contribution in [0.25, 0.3) is 11.4 Å². The lowest BCUT2D eigenvalue weighted by molar-refractivity contribution is 0.0156. The highest BCUT2D eigenvalue weighted by Crippen LogP contribution is 2.31. The first kappa shape index (κ1) is 30.2. The predicted molar refractivity (Wildman–Crippen MR) is 154 cm³/mol. The summed E-state index contributed by atoms with van der Waals surface area (Å²) in [6.45, 7) is 4.48. The Balaban J connectivity index is 1.40. The van der Waals surface area contributed by atoms with Crippen LogP contribution in [-0.4, -0.2) is 22.0 Å². The van der Waals surface area contributed by atoms with Gasteiger partial charge >= 0.3 is 5.97 Å². The lowest BCUT2D eigenvalue weighted by Crippen LogP contribution is -2.25. The fourth-order valence-corrected chi connectivity index (χ4v) is 5.53. The Kier molecular flexibility index (Phi) is 13.8. The van der Waals surface area contributed by atoms with Crippen LogP contribution in [0.15, 0.2) is 30.6 Å². The molecule has 38 heavy (non-hydrogen) atoms. The first-order valence-corrected chi connectivity index (χ1v) is 15.4. The minimum atomic E-state index is -0.580. The zero-order valence-electron chi connectivity index (χ0n) is 23.9. The second-order valence-corrected chi connectivity index (χ2v) is 11.2. The van der Waals surface area contributed by atoms with Gasteiger partial charge in [0.25, 0.3) is 0 Å². The van der Waals surface area contributed by atoms with E-state index in [0.717, 1.165) is 50.0 Å². The second kappa shape index (κ2) is 17.3. The summed E-state index contributed by atoms with van der Waals surface area (Å²) in [5.74, 6) is 0.0659. The Morgan fingerprint density at radius 1 is 0.842 bits per heavy atom. The molecule has 4 nitrogen and oxygen atoms in total. The van der Waals surface area contributed by atoms with Gasteiger partial charge < -0.3 is 4.74 Å². The highest BCUT2D eigenvalue weighted by atomic mass is 19.1. The Bertz CT molecular complexity index is 939. The van der Waals surface area contributed by atoms with E-state index in [-0.39, 0.29) is 11.7 Å². The highest BCUT2D eigenvalue weighted by molar-refractivity contribution is 5.90. The summed E-state index contributed by atoms with van der Waals surface area (Å²) in [5, 5.41) is 0. The normalized spacial score (nSPS) is 17.4. The van der Waals surface area contributed by atoms with E-state index in [2.05, 4.69) is 23.8 Å². The highest BCUT2D eigenvalue weighted by Gasteiger charge is 2.25. The molecular formula is C33H49FN2O2. The van der Waals surface area contributed by atoms with E-state index in [1.807, 2.05) is 12.4 Å². The number of aromatic nitrogens is 2. The van der Waals surface area contributed by atoms with Crippen LogP contribution in [0.4, 0.5) is 4.39 Å². The molecule has 0 unspecified atom stereocenters. The summed E-state index contributed by atoms with van der Waals surface area (Å²) < 4.78 is 20.6. The molecule has 3 rings (SSSR count). The molecule has 1 aliphatic carbocycles. The van der Waals surface area contributed by atoms with Gasteiger partial charge in [0.2, 0.25) is 0 Å². The lowest BCUT2D eigenvalue weighted by Gasteiger charge is -2.28. The Morgan fingerprint density at radius 3 is 2.08 bits per heavy atom. The Labute approximate surface area is 230 Å². The van der Waals surface area contributed by atoms with E-state index in [9.17, 15) is 9.18 Å². The third kappa shape index (κ3) is 10.5. The van der Waals surface area contributed by atoms with Gasteiger partial charge in [0, 0.05) is 18.0 Å². The molecule has 1 saturated carbocycles. The summed E-state index contributed by atoms with van der Waals surface area (Å²) in [6.07, 6.45) is 25.3. The van der Waals surface area contributed by atoms with Crippen LogP contribution in [0, 0.1) is 11.7 Å². The smallest absolute Gasteiger partial charge is 0.341 e. The molecule has 0 amide bonds. The molecule has 1 fully saturated rings. The number of unbranched alkanes of at least 4 members (excludes halogenated alkanes) is 10. The van der Waals surface area contributed by atoms with E-state index >= 15 is 0 Å². The quantitative estimate of drug-likeness (QED) is 0.153. The van der Waals surface area contributed by atoms with Crippen LogP contribution < -0.4 is 0 Å². The maximum Gasteiger partial charge on any atom is 0.341 e. The van der Waals surface area contributed by atoms with Gasteiger partial charge in [-0.3, -0.25) is 0 Å². The molecule has 0 bridgehead atoms. The average Bonchev–Trinajstić information content (AvgIpc) is 2.93. The van der Waals surface area contributed by atoms with Crippen molar-refractivity contribution in [2.45, 2.75) is 136 Å². The summed E-state index contributed by atoms with van der Waals surface area (Å²) in [5.41, 5.74) is 1.66. The van der Waals surface area contributed by atoms with Gasteiger partial charge in [-0.05, 0) is 62.1 Å². The molecule has 1 aliphatic rings. The molecule has 5 heteroatoms. The molecule has 1 aromatic carbocycles. The molecule has 0 N–H and O–H groups in total. The third-order valence-corrected chi connectivity index (χ3v) is 8.00. The van der Waals surface area contributed by atoms with Crippen molar-refractivity contribution in [3.63, 3.8) is 0 Å². The zero-order chi connectivity index (χ0) is 27.0. The number of carbonyl (C=O) groups is 1. The van der Waals surface area contributed by atoms with E-state index in [1.165, 1.54) is 89.2 Å². The number of rotatable bonds is 17. The van der Waals surface area contributed by atoms with Gasteiger partial charge in [0.05, 0.1) is 5.56 Å². The molecule has 0 spiro atoms. The van der Waals surface area contributed by atoms with E-state index in [1.54, 1.807) is 6.07 Å². The number of nitrogens with zero attached hydrogens (tertiary/aromatic N) is 2. The molecule has 0 saturated heterocycles. The topological polar surface area (TPSA) is 52.1 Å². The van der Waals surface area contributed by atoms with Crippen molar-refractivity contribution in [2.75, 3.05) is 0 Å². The molecule has 0 aliphatic heterocycles. The second-order valence-electron chi connectivity index (χ2n) is 11.2. The van der Waals surface area contributed by atoms with Crippen LogP contribution in [0.5, 0.6) is 0 Å². The van der Waals surface area contributed by atoms with Crippen LogP contribution >= 0.6 is 0 Å². The van der Waals surface area contributed by atoms with Gasteiger partial charge in [0.15, 0.2) is 5.82 Å². The van der Waals surface area contributed by atoms with Crippen LogP contribution in [0.3, 0.4) is 0 Å². The van der Waals surface area contributed by atoms with Crippen molar-refractivity contribution < 1.29 is 13.9 Å². The van der Waals surface area contributed by atoms with Gasteiger partial charge in [-0.1, -0.05) is 97.0 Å². The number of benzene rings is 1. The van der Waals surface area contributed by atoms with Crippen molar-refractivity contribution >= 4 is 5.97 Å². The van der Waals surface area contributed by atoms with Gasteiger partial charge in [-0.2, -0.15) is 0 Å². The average molecular weight is 525 g/mol. The number of esters is 1. The molecule has 210 valence electrons. The van der Waals surface area contributed by atoms with Crippen molar-refractivity contribution in [1.82, 2.24) is 9.97 Å². The SMILES string of the molecule is CCCCCCCCc1cnc(-c2ccc(C(=O)O[C@H]3CC[C@H](CCCCCCCC)CC3)c(F)c2)nc1. The summed E-state index contributed by atoms with van der Waals surface area (Å²) in [6, 6.07) is 4.56. The lowest BCUT2D eigenvalue weighted by atomic mass is 9.84. The fourth-order valence-electron chi connectivity index (χ4n) is 5.53. The molecule has 2 aromatic rings. The maximum atomic E-state index is 14.9. The number of ether oxygens (including phenoxy) is 1. The fraction of sp³-hybridized carbons (Fsp3) is 0.667. The van der Waals surface area contributed by atoms with Crippen LogP contribution in [0.2, 0.25) is 0 Å². The third-order valence-electron chi connectivity index (χ3n) is 8.00. The van der Waals surface area contributed by atoms with Crippen molar-refractivity contribution in [2.24, 2.45) is 5.92 Å². The number of carbonyl (C=O) groups excluding carboxylic acids is 1. The van der Waals surface area contributed by atoms with E-state index in [0.29, 0.717) is 11.4 Å². The van der Waals surface area contributed by atoms with Crippen molar-refractivity contribution in [1.29, 1.82) is 0 Å². The monoisotopic (exact) mass is 524 g/mol. The maximum absolute atomic E-state index is 14.9. The Morgan fingerprint density at radius 2 is 1.45 bits per heavy atom. The first-order chi connectivity index (χ1) is 18.6. The van der Waals surface area contributed by atoms with Gasteiger partial charge in [-0.25, -0.2) is 19.2 Å². The predicted octanol–water partition coefficient (Wildman–Crippen LogP) is 9.65.